The van der Waals surface area contributed by atoms with Crippen molar-refractivity contribution in [3.8, 4) is 0 Å². The number of aryl methyl sites for hydroxylation is 1. The molecule has 12 heteroatoms. The highest BCUT2D eigenvalue weighted by Gasteiger charge is 2.31. The number of hydrogen-bond acceptors (Lipinski definition) is 4. The second-order valence-electron chi connectivity index (χ2n) is 10.1. The molecule has 0 radical (unpaired) electrons. The van der Waals surface area contributed by atoms with Gasteiger partial charge in [0.25, 0.3) is 17.6 Å². The van der Waals surface area contributed by atoms with Crippen molar-refractivity contribution >= 4 is 35.0 Å². The minimum absolute atomic E-state index is 0.0455. The fourth-order valence-electron chi connectivity index (χ4n) is 4.96. The summed E-state index contributed by atoms with van der Waals surface area (Å²) in [5.74, 6) is -4.76. The number of hydrogen-bond donors (Lipinski definition) is 3. The predicted molar refractivity (Wildman–Crippen MR) is 146 cm³/mol. The largest absolute Gasteiger partial charge is 0.345 e. The number of Topliss-reactive ketones (excluding diaryl/α,β-unsaturated/α-hetero) is 1. The predicted octanol–water partition coefficient (Wildman–Crippen LogP) is 4.62. The Morgan fingerprint density at radius 3 is 2.20 bits per heavy atom. The van der Waals surface area contributed by atoms with Crippen LogP contribution in [0.1, 0.15) is 50.5 Å². The number of benzene rings is 2. The molecule has 2 aromatic carbocycles. The molecule has 0 saturated carbocycles. The van der Waals surface area contributed by atoms with Crippen molar-refractivity contribution in [2.75, 3.05) is 23.7 Å². The fourth-order valence-corrected chi connectivity index (χ4v) is 4.96. The second kappa shape index (κ2) is 11.9. The summed E-state index contributed by atoms with van der Waals surface area (Å²) in [5.41, 5.74) is 1.88. The SMILES string of the molecule is Cc1cc(NC(=O)c2c(C)c(C(=O)C(=O)N[C@@H]3CCCN(C(=O)Nc4ccc(F)c(F)c4)C3)n(C)c2C)ccc1F. The third-order valence-corrected chi connectivity index (χ3v) is 7.21. The second-order valence-corrected chi connectivity index (χ2v) is 10.1. The van der Waals surface area contributed by atoms with Crippen LogP contribution in [0.25, 0.3) is 0 Å². The van der Waals surface area contributed by atoms with Gasteiger partial charge < -0.3 is 25.4 Å². The lowest BCUT2D eigenvalue weighted by Crippen LogP contribution is -2.52. The molecule has 1 aliphatic heterocycles. The highest BCUT2D eigenvalue weighted by molar-refractivity contribution is 6.43. The first-order valence-electron chi connectivity index (χ1n) is 13.0. The van der Waals surface area contributed by atoms with Crippen LogP contribution in [0.15, 0.2) is 36.4 Å². The topological polar surface area (TPSA) is 113 Å². The first-order chi connectivity index (χ1) is 19.4. The molecule has 4 amide bonds. The monoisotopic (exact) mass is 569 g/mol. The highest BCUT2D eigenvalue weighted by atomic mass is 19.2. The van der Waals surface area contributed by atoms with Crippen molar-refractivity contribution < 1.29 is 32.3 Å². The maximum Gasteiger partial charge on any atom is 0.321 e. The summed E-state index contributed by atoms with van der Waals surface area (Å²) < 4.78 is 41.8. The van der Waals surface area contributed by atoms with E-state index in [2.05, 4.69) is 16.0 Å². The normalized spacial score (nSPS) is 14.9. The van der Waals surface area contributed by atoms with Crippen LogP contribution in [0.5, 0.6) is 0 Å². The Morgan fingerprint density at radius 2 is 1.54 bits per heavy atom. The number of anilines is 2. The van der Waals surface area contributed by atoms with Gasteiger partial charge in [0.2, 0.25) is 0 Å². The number of likely N-dealkylation sites (tertiary alicyclic amines) is 1. The van der Waals surface area contributed by atoms with Gasteiger partial charge in [0.15, 0.2) is 11.6 Å². The van der Waals surface area contributed by atoms with Crippen molar-refractivity contribution in [1.82, 2.24) is 14.8 Å². The van der Waals surface area contributed by atoms with Gasteiger partial charge in [-0.3, -0.25) is 14.4 Å². The van der Waals surface area contributed by atoms with Gasteiger partial charge >= 0.3 is 6.03 Å². The quantitative estimate of drug-likeness (QED) is 0.297. The van der Waals surface area contributed by atoms with Crippen LogP contribution in [-0.4, -0.2) is 52.2 Å². The van der Waals surface area contributed by atoms with Crippen LogP contribution < -0.4 is 16.0 Å². The molecule has 1 fully saturated rings. The zero-order valence-electron chi connectivity index (χ0n) is 23.0. The molecule has 1 atom stereocenters. The number of rotatable bonds is 6. The van der Waals surface area contributed by atoms with Gasteiger partial charge in [-0.2, -0.15) is 0 Å². The van der Waals surface area contributed by atoms with E-state index in [4.69, 9.17) is 0 Å². The van der Waals surface area contributed by atoms with Crippen LogP contribution >= 0.6 is 0 Å². The van der Waals surface area contributed by atoms with Gasteiger partial charge in [-0.15, -0.1) is 0 Å². The molecule has 3 N–H and O–H groups in total. The molecular formula is C29H30F3N5O4. The number of urea groups is 1. The molecule has 41 heavy (non-hydrogen) atoms. The molecule has 0 unspecified atom stereocenters. The smallest absolute Gasteiger partial charge is 0.321 e. The third-order valence-electron chi connectivity index (χ3n) is 7.21. The zero-order valence-corrected chi connectivity index (χ0v) is 23.0. The van der Waals surface area contributed by atoms with E-state index in [1.807, 2.05) is 0 Å². The minimum atomic E-state index is -1.09. The number of aromatic nitrogens is 1. The van der Waals surface area contributed by atoms with Crippen LogP contribution in [-0.2, 0) is 11.8 Å². The maximum atomic E-state index is 13.6. The van der Waals surface area contributed by atoms with E-state index in [0.717, 1.165) is 12.1 Å². The Hall–Kier alpha value is -4.61. The number of carbonyl (C=O) groups is 4. The average Bonchev–Trinajstić information content (AvgIpc) is 3.15. The van der Waals surface area contributed by atoms with Crippen molar-refractivity contribution in [3.63, 3.8) is 0 Å². The highest BCUT2D eigenvalue weighted by Crippen LogP contribution is 2.24. The van der Waals surface area contributed by atoms with E-state index in [1.54, 1.807) is 27.8 Å². The summed E-state index contributed by atoms with van der Waals surface area (Å²) in [6, 6.07) is 6.09. The van der Waals surface area contributed by atoms with E-state index < -0.39 is 47.1 Å². The summed E-state index contributed by atoms with van der Waals surface area (Å²) in [6.45, 7) is 5.27. The molecule has 1 aromatic heterocycles. The number of carbonyl (C=O) groups excluding carboxylic acids is 4. The van der Waals surface area contributed by atoms with Crippen molar-refractivity contribution in [1.29, 1.82) is 0 Å². The molecule has 9 nitrogen and oxygen atoms in total. The first kappa shape index (κ1) is 29.4. The van der Waals surface area contributed by atoms with Crippen LogP contribution in [0.4, 0.5) is 29.3 Å². The van der Waals surface area contributed by atoms with Crippen LogP contribution in [0, 0.1) is 38.2 Å². The number of ketones is 1. The summed E-state index contributed by atoms with van der Waals surface area (Å²) in [4.78, 5) is 53.4. The maximum absolute atomic E-state index is 13.6. The van der Waals surface area contributed by atoms with Crippen molar-refractivity contribution in [2.24, 2.45) is 7.05 Å². The Labute approximate surface area is 234 Å². The molecular weight excluding hydrogens is 539 g/mol. The van der Waals surface area contributed by atoms with Crippen molar-refractivity contribution in [3.05, 3.63) is 81.9 Å². The van der Waals surface area contributed by atoms with E-state index >= 15 is 0 Å². The lowest BCUT2D eigenvalue weighted by molar-refractivity contribution is -0.118. The summed E-state index contributed by atoms with van der Waals surface area (Å²) in [6.07, 6.45) is 1.06. The van der Waals surface area contributed by atoms with Gasteiger partial charge in [-0.25, -0.2) is 18.0 Å². The Kier molecular flexibility index (Phi) is 8.50. The Bertz CT molecular complexity index is 1550. The Balaban J connectivity index is 1.43. The lowest BCUT2D eigenvalue weighted by atomic mass is 10.0. The number of amides is 4. The summed E-state index contributed by atoms with van der Waals surface area (Å²) >= 11 is 0. The standard InChI is InChI=1S/C29H30F3N5O4/c1-15-12-18(7-9-21(15)30)33-27(39)24-16(2)25(36(4)17(24)3)26(38)28(40)34-20-6-5-11-37(14-20)29(41)35-19-8-10-22(31)23(32)13-19/h7-10,12-13,20H,5-6,11,14H2,1-4H3,(H,33,39)(H,34,40)(H,35,41)/t20-/m1/s1. The molecule has 1 saturated heterocycles. The number of piperidine rings is 1. The molecule has 0 aliphatic carbocycles. The van der Waals surface area contributed by atoms with Gasteiger partial charge in [0.05, 0.1) is 11.3 Å². The molecule has 3 aromatic rings. The van der Waals surface area contributed by atoms with E-state index in [0.29, 0.717) is 41.9 Å². The van der Waals surface area contributed by atoms with Gasteiger partial charge in [-0.1, -0.05) is 0 Å². The third kappa shape index (κ3) is 6.26. The van der Waals surface area contributed by atoms with Gasteiger partial charge in [0, 0.05) is 49.3 Å². The molecule has 0 spiro atoms. The molecule has 216 valence electrons. The van der Waals surface area contributed by atoms with E-state index in [1.165, 1.54) is 33.7 Å². The molecule has 2 heterocycles. The lowest BCUT2D eigenvalue weighted by Gasteiger charge is -2.33. The number of nitrogens with one attached hydrogen (secondary N) is 3. The Morgan fingerprint density at radius 1 is 0.878 bits per heavy atom. The molecule has 4 rings (SSSR count). The van der Waals surface area contributed by atoms with Crippen LogP contribution in [0.2, 0.25) is 0 Å². The molecule has 1 aliphatic rings. The minimum Gasteiger partial charge on any atom is -0.345 e. The van der Waals surface area contributed by atoms with Gasteiger partial charge in [-0.05, 0) is 75.1 Å². The average molecular weight is 570 g/mol. The summed E-state index contributed by atoms with van der Waals surface area (Å²) in [5, 5.41) is 7.89. The van der Waals surface area contributed by atoms with E-state index in [-0.39, 0.29) is 23.5 Å². The van der Waals surface area contributed by atoms with E-state index in [9.17, 15) is 32.3 Å². The molecule has 0 bridgehead atoms. The van der Waals surface area contributed by atoms with Crippen molar-refractivity contribution in [2.45, 2.75) is 39.7 Å². The number of halogens is 3. The zero-order chi connectivity index (χ0) is 30.0. The number of nitrogens with zero attached hydrogens (tertiary/aromatic N) is 2. The fraction of sp³-hybridized carbons (Fsp3) is 0.310. The van der Waals surface area contributed by atoms with Gasteiger partial charge in [0.1, 0.15) is 5.82 Å². The van der Waals surface area contributed by atoms with Crippen LogP contribution in [0.3, 0.4) is 0 Å². The first-order valence-corrected chi connectivity index (χ1v) is 13.0. The summed E-state index contributed by atoms with van der Waals surface area (Å²) in [7, 11) is 1.58.